The molecule has 1 rings (SSSR count). The molecule has 19 heavy (non-hydrogen) atoms. The summed E-state index contributed by atoms with van der Waals surface area (Å²) in [6.07, 6.45) is 9.48. The molecule has 2 nitrogen and oxygen atoms in total. The molecule has 1 aromatic carbocycles. The summed E-state index contributed by atoms with van der Waals surface area (Å²) >= 11 is 0. The third-order valence-electron chi connectivity index (χ3n) is 2.74. The highest BCUT2D eigenvalue weighted by Gasteiger charge is 1.98. The highest BCUT2D eigenvalue weighted by Crippen LogP contribution is 2.09. The minimum absolute atomic E-state index is 0.617. The van der Waals surface area contributed by atoms with E-state index in [4.69, 9.17) is 4.74 Å². The van der Waals surface area contributed by atoms with Gasteiger partial charge >= 0.3 is 0 Å². The molecule has 0 radical (unpaired) electrons. The lowest BCUT2D eigenvalue weighted by Gasteiger charge is -2.08. The van der Waals surface area contributed by atoms with Gasteiger partial charge in [-0.1, -0.05) is 48.6 Å². The molecule has 0 aliphatic carbocycles. The Balaban J connectivity index is 2.37. The van der Waals surface area contributed by atoms with Crippen LogP contribution in [0.1, 0.15) is 31.7 Å². The predicted molar refractivity (Wildman–Crippen MR) is 78.9 cm³/mol. The van der Waals surface area contributed by atoms with Crippen LogP contribution in [0.5, 0.6) is 0 Å². The molecule has 0 aliphatic heterocycles. The Morgan fingerprint density at radius 2 is 2.05 bits per heavy atom. The van der Waals surface area contributed by atoms with Gasteiger partial charge in [0.25, 0.3) is 0 Å². The van der Waals surface area contributed by atoms with Crippen LogP contribution in [0.25, 0.3) is 0 Å². The minimum Gasteiger partial charge on any atom is -0.372 e. The van der Waals surface area contributed by atoms with Crippen molar-refractivity contribution in [3.63, 3.8) is 0 Å². The van der Waals surface area contributed by atoms with Gasteiger partial charge in [0, 0.05) is 6.42 Å². The Morgan fingerprint density at radius 3 is 2.74 bits per heavy atom. The van der Waals surface area contributed by atoms with E-state index in [-0.39, 0.29) is 0 Å². The van der Waals surface area contributed by atoms with E-state index in [1.807, 2.05) is 37.3 Å². The lowest BCUT2D eigenvalue weighted by atomic mass is 10.1. The number of hydrogen-bond acceptors (Lipinski definition) is 2. The van der Waals surface area contributed by atoms with Crippen LogP contribution < -0.4 is 0 Å². The summed E-state index contributed by atoms with van der Waals surface area (Å²) in [4.78, 5) is 10.3. The van der Waals surface area contributed by atoms with E-state index in [0.29, 0.717) is 19.6 Å². The molecule has 0 saturated carbocycles. The SMILES string of the molecule is C/C=C\C=C(\CCCC=O)COCc1ccccc1. The maximum Gasteiger partial charge on any atom is 0.120 e. The standard InChI is InChI=1S/C17H22O2/c1-2-3-9-16(12-7-8-13-18)14-19-15-17-10-5-4-6-11-17/h2-6,9-11,13H,7-8,12,14-15H2,1H3/b3-2-,16-9-. The summed E-state index contributed by atoms with van der Waals surface area (Å²) in [6.45, 7) is 3.24. The number of carbonyl (C=O) groups is 1. The number of unbranched alkanes of at least 4 members (excludes halogenated alkanes) is 1. The average Bonchev–Trinajstić information content (AvgIpc) is 2.45. The van der Waals surface area contributed by atoms with Crippen LogP contribution in [0.15, 0.2) is 54.1 Å². The zero-order valence-electron chi connectivity index (χ0n) is 11.5. The van der Waals surface area contributed by atoms with Gasteiger partial charge in [-0.3, -0.25) is 0 Å². The van der Waals surface area contributed by atoms with Gasteiger partial charge in [-0.15, -0.1) is 0 Å². The summed E-state index contributed by atoms with van der Waals surface area (Å²) < 4.78 is 5.72. The Labute approximate surface area is 115 Å². The fourth-order valence-corrected chi connectivity index (χ4v) is 1.72. The smallest absolute Gasteiger partial charge is 0.120 e. The van der Waals surface area contributed by atoms with Gasteiger partial charge in [-0.05, 0) is 30.9 Å². The molecule has 0 atom stereocenters. The number of rotatable bonds is 9. The Morgan fingerprint density at radius 1 is 1.26 bits per heavy atom. The maximum absolute atomic E-state index is 10.3. The molecular weight excluding hydrogens is 236 g/mol. The summed E-state index contributed by atoms with van der Waals surface area (Å²) in [5, 5.41) is 0. The first-order valence-electron chi connectivity index (χ1n) is 6.73. The molecule has 0 saturated heterocycles. The highest BCUT2D eigenvalue weighted by molar-refractivity contribution is 5.49. The van der Waals surface area contributed by atoms with Gasteiger partial charge in [-0.2, -0.15) is 0 Å². The third kappa shape index (κ3) is 7.37. The van der Waals surface area contributed by atoms with E-state index in [9.17, 15) is 4.79 Å². The molecule has 0 amide bonds. The zero-order chi connectivity index (χ0) is 13.8. The number of allylic oxidation sites excluding steroid dienone is 3. The molecule has 0 bridgehead atoms. The van der Waals surface area contributed by atoms with Crippen molar-refractivity contribution in [1.29, 1.82) is 0 Å². The monoisotopic (exact) mass is 258 g/mol. The second-order valence-electron chi connectivity index (χ2n) is 4.39. The van der Waals surface area contributed by atoms with Gasteiger partial charge < -0.3 is 9.53 Å². The maximum atomic E-state index is 10.3. The largest absolute Gasteiger partial charge is 0.372 e. The van der Waals surface area contributed by atoms with E-state index in [1.165, 1.54) is 11.1 Å². The van der Waals surface area contributed by atoms with E-state index >= 15 is 0 Å². The predicted octanol–water partition coefficient (Wildman–Crippen LogP) is 4.07. The van der Waals surface area contributed by atoms with Gasteiger partial charge in [0.1, 0.15) is 6.29 Å². The topological polar surface area (TPSA) is 26.3 Å². The van der Waals surface area contributed by atoms with Crippen molar-refractivity contribution in [1.82, 2.24) is 0 Å². The fraction of sp³-hybridized carbons (Fsp3) is 0.353. The van der Waals surface area contributed by atoms with Crippen molar-refractivity contribution in [2.45, 2.75) is 32.8 Å². The quantitative estimate of drug-likeness (QED) is 0.379. The second-order valence-corrected chi connectivity index (χ2v) is 4.39. The first-order valence-corrected chi connectivity index (χ1v) is 6.73. The molecule has 102 valence electrons. The average molecular weight is 258 g/mol. The third-order valence-corrected chi connectivity index (χ3v) is 2.74. The van der Waals surface area contributed by atoms with Crippen molar-refractivity contribution in [3.8, 4) is 0 Å². The Bertz CT molecular complexity index is 405. The number of ether oxygens (including phenoxy) is 1. The first-order chi connectivity index (χ1) is 9.36. The molecule has 0 fully saturated rings. The molecular formula is C17H22O2. The van der Waals surface area contributed by atoms with Crippen LogP contribution in [0.3, 0.4) is 0 Å². The lowest BCUT2D eigenvalue weighted by Crippen LogP contribution is -1.99. The number of hydrogen-bond donors (Lipinski definition) is 0. The minimum atomic E-state index is 0.617. The molecule has 2 heteroatoms. The van der Waals surface area contributed by atoms with Crippen molar-refractivity contribution < 1.29 is 9.53 Å². The normalized spacial score (nSPS) is 11.9. The lowest BCUT2D eigenvalue weighted by molar-refractivity contribution is -0.107. The van der Waals surface area contributed by atoms with Crippen molar-refractivity contribution in [2.24, 2.45) is 0 Å². The molecule has 1 aromatic rings. The second kappa shape index (κ2) is 10.3. The van der Waals surface area contributed by atoms with Gasteiger partial charge in [0.15, 0.2) is 0 Å². The van der Waals surface area contributed by atoms with Crippen molar-refractivity contribution in [2.75, 3.05) is 6.61 Å². The van der Waals surface area contributed by atoms with Crippen LogP contribution in [-0.2, 0) is 16.1 Å². The Kier molecular flexibility index (Phi) is 8.32. The summed E-state index contributed by atoms with van der Waals surface area (Å²) in [5.41, 5.74) is 2.41. The zero-order valence-corrected chi connectivity index (χ0v) is 11.5. The fourth-order valence-electron chi connectivity index (χ4n) is 1.72. The molecule has 0 heterocycles. The van der Waals surface area contributed by atoms with Gasteiger partial charge in [-0.25, -0.2) is 0 Å². The molecule has 0 aliphatic rings. The Hall–Kier alpha value is -1.67. The molecule has 0 unspecified atom stereocenters. The van der Waals surface area contributed by atoms with Crippen LogP contribution in [0.2, 0.25) is 0 Å². The van der Waals surface area contributed by atoms with Crippen LogP contribution >= 0.6 is 0 Å². The van der Waals surface area contributed by atoms with Crippen LogP contribution in [0.4, 0.5) is 0 Å². The molecule has 0 N–H and O–H groups in total. The van der Waals surface area contributed by atoms with Crippen molar-refractivity contribution >= 4 is 6.29 Å². The van der Waals surface area contributed by atoms with E-state index in [2.05, 4.69) is 18.2 Å². The van der Waals surface area contributed by atoms with Crippen LogP contribution in [-0.4, -0.2) is 12.9 Å². The van der Waals surface area contributed by atoms with E-state index in [1.54, 1.807) is 0 Å². The summed E-state index contributed by atoms with van der Waals surface area (Å²) in [5.74, 6) is 0. The van der Waals surface area contributed by atoms with E-state index < -0.39 is 0 Å². The van der Waals surface area contributed by atoms with Gasteiger partial charge in [0.05, 0.1) is 13.2 Å². The number of benzene rings is 1. The first kappa shape index (κ1) is 15.4. The van der Waals surface area contributed by atoms with E-state index in [0.717, 1.165) is 19.1 Å². The van der Waals surface area contributed by atoms with Crippen LogP contribution in [0, 0.1) is 0 Å². The van der Waals surface area contributed by atoms with Gasteiger partial charge in [0.2, 0.25) is 0 Å². The summed E-state index contributed by atoms with van der Waals surface area (Å²) in [7, 11) is 0. The highest BCUT2D eigenvalue weighted by atomic mass is 16.5. The number of carbonyl (C=O) groups excluding carboxylic acids is 1. The molecule has 0 spiro atoms. The molecule has 0 aromatic heterocycles. The summed E-state index contributed by atoms with van der Waals surface area (Å²) in [6, 6.07) is 10.1. The van der Waals surface area contributed by atoms with Crippen molar-refractivity contribution in [3.05, 3.63) is 59.7 Å². The number of aldehydes is 1.